The summed E-state index contributed by atoms with van der Waals surface area (Å²) in [4.78, 5) is 33.4. The second-order valence-electron chi connectivity index (χ2n) is 7.97. The van der Waals surface area contributed by atoms with Crippen LogP contribution in [0.3, 0.4) is 0 Å². The number of halogens is 1. The van der Waals surface area contributed by atoms with E-state index >= 15 is 0 Å². The second kappa shape index (κ2) is 8.75. The molecule has 1 aliphatic carbocycles. The first-order valence-corrected chi connectivity index (χ1v) is 12.6. The van der Waals surface area contributed by atoms with Gasteiger partial charge in [-0.05, 0) is 55.9 Å². The first kappa shape index (κ1) is 21.8. The minimum Gasteiger partial charge on any atom is -0.315 e. The summed E-state index contributed by atoms with van der Waals surface area (Å²) in [6, 6.07) is 9.58. The van der Waals surface area contributed by atoms with Gasteiger partial charge in [0.1, 0.15) is 22.4 Å². The third-order valence-electron chi connectivity index (χ3n) is 5.84. The van der Waals surface area contributed by atoms with E-state index in [1.807, 2.05) is 19.1 Å². The van der Waals surface area contributed by atoms with Crippen LogP contribution in [0.2, 0.25) is 5.02 Å². The fraction of sp³-hybridized carbons (Fsp3) is 0.250. The average Bonchev–Trinajstić information content (AvgIpc) is 3.33. The van der Waals surface area contributed by atoms with Gasteiger partial charge in [-0.1, -0.05) is 23.7 Å². The average molecular weight is 495 g/mol. The molecular weight excluding hydrogens is 476 g/mol. The monoisotopic (exact) mass is 494 g/mol. The Labute approximate surface area is 203 Å². The minimum absolute atomic E-state index is 0.176. The number of aromatic nitrogens is 2. The summed E-state index contributed by atoms with van der Waals surface area (Å²) in [6.07, 6.45) is 5.38. The van der Waals surface area contributed by atoms with Gasteiger partial charge < -0.3 is 5.32 Å². The Balaban J connectivity index is 1.47. The summed E-state index contributed by atoms with van der Waals surface area (Å²) in [5.74, 6) is -0.353. The molecule has 3 aromatic heterocycles. The zero-order valence-electron chi connectivity index (χ0n) is 17.8. The number of amides is 1. The van der Waals surface area contributed by atoms with E-state index in [0.717, 1.165) is 47.3 Å². The van der Waals surface area contributed by atoms with Gasteiger partial charge in [0.15, 0.2) is 0 Å². The van der Waals surface area contributed by atoms with Crippen molar-refractivity contribution in [3.05, 3.63) is 66.9 Å². The van der Waals surface area contributed by atoms with E-state index in [9.17, 15) is 14.9 Å². The number of carbonyl (C=O) groups excluding carboxylic acids is 1. The van der Waals surface area contributed by atoms with Gasteiger partial charge in [-0.2, -0.15) is 5.26 Å². The van der Waals surface area contributed by atoms with Crippen molar-refractivity contribution in [3.63, 3.8) is 0 Å². The largest absolute Gasteiger partial charge is 0.315 e. The van der Waals surface area contributed by atoms with Gasteiger partial charge in [-0.3, -0.25) is 14.2 Å². The van der Waals surface area contributed by atoms with Crippen molar-refractivity contribution in [1.82, 2.24) is 9.55 Å². The van der Waals surface area contributed by atoms with Crippen LogP contribution in [-0.4, -0.2) is 15.5 Å². The van der Waals surface area contributed by atoms with Crippen LogP contribution in [-0.2, 0) is 24.2 Å². The lowest BCUT2D eigenvalue weighted by atomic mass is 9.96. The van der Waals surface area contributed by atoms with Crippen LogP contribution in [0.1, 0.15) is 33.7 Å². The summed E-state index contributed by atoms with van der Waals surface area (Å²) in [6.45, 7) is 1.78. The Kier molecular flexibility index (Phi) is 5.79. The number of aryl methyl sites for hydroxylation is 2. The third-order valence-corrected chi connectivity index (χ3v) is 8.31. The SMILES string of the molecule is Cc1sc2ncn(CC(=O)Nc3sc4c(c3C#N)CCCC4)c(=O)c2c1-c1ccc(Cl)cc1. The molecule has 5 rings (SSSR count). The number of hydrogen-bond acceptors (Lipinski definition) is 6. The molecule has 6 nitrogen and oxygen atoms in total. The zero-order chi connectivity index (χ0) is 23.1. The summed E-state index contributed by atoms with van der Waals surface area (Å²) in [7, 11) is 0. The molecule has 166 valence electrons. The first-order valence-electron chi connectivity index (χ1n) is 10.5. The number of thiophene rings is 2. The molecule has 1 N–H and O–H groups in total. The summed E-state index contributed by atoms with van der Waals surface area (Å²) in [5.41, 5.74) is 3.05. The number of nitrogens with one attached hydrogen (secondary N) is 1. The number of hydrogen-bond donors (Lipinski definition) is 1. The molecule has 1 aromatic carbocycles. The highest BCUT2D eigenvalue weighted by Gasteiger charge is 2.22. The Morgan fingerprint density at radius 1 is 1.24 bits per heavy atom. The normalized spacial score (nSPS) is 13.0. The van der Waals surface area contributed by atoms with Crippen molar-refractivity contribution in [2.24, 2.45) is 0 Å². The van der Waals surface area contributed by atoms with Crippen LogP contribution >= 0.6 is 34.3 Å². The molecule has 0 bridgehead atoms. The number of carbonyl (C=O) groups is 1. The molecule has 0 atom stereocenters. The minimum atomic E-state index is -0.353. The van der Waals surface area contributed by atoms with Gasteiger partial charge in [0.05, 0.1) is 17.3 Å². The highest BCUT2D eigenvalue weighted by atomic mass is 35.5. The van der Waals surface area contributed by atoms with E-state index in [-0.39, 0.29) is 18.0 Å². The van der Waals surface area contributed by atoms with Crippen LogP contribution < -0.4 is 10.9 Å². The van der Waals surface area contributed by atoms with Crippen molar-refractivity contribution in [3.8, 4) is 17.2 Å². The molecule has 33 heavy (non-hydrogen) atoms. The number of fused-ring (bicyclic) bond motifs is 2. The Morgan fingerprint density at radius 3 is 2.76 bits per heavy atom. The first-order chi connectivity index (χ1) is 16.0. The van der Waals surface area contributed by atoms with E-state index in [0.29, 0.717) is 25.8 Å². The summed E-state index contributed by atoms with van der Waals surface area (Å²) >= 11 is 8.95. The molecule has 0 unspecified atom stereocenters. The fourth-order valence-electron chi connectivity index (χ4n) is 4.31. The number of nitriles is 1. The van der Waals surface area contributed by atoms with Crippen LogP contribution in [0.5, 0.6) is 0 Å². The second-order valence-corrected chi connectivity index (χ2v) is 10.7. The Bertz CT molecular complexity index is 1490. The maximum atomic E-state index is 13.3. The van der Waals surface area contributed by atoms with Crippen LogP contribution in [0.4, 0.5) is 5.00 Å². The van der Waals surface area contributed by atoms with Crippen LogP contribution in [0, 0.1) is 18.3 Å². The van der Waals surface area contributed by atoms with Crippen molar-refractivity contribution in [2.45, 2.75) is 39.2 Å². The van der Waals surface area contributed by atoms with Gasteiger partial charge in [0, 0.05) is 20.3 Å². The molecule has 9 heteroatoms. The highest BCUT2D eigenvalue weighted by Crippen LogP contribution is 2.38. The predicted molar refractivity (Wildman–Crippen MR) is 133 cm³/mol. The maximum Gasteiger partial charge on any atom is 0.263 e. The van der Waals surface area contributed by atoms with E-state index in [1.165, 1.54) is 38.4 Å². The summed E-state index contributed by atoms with van der Waals surface area (Å²) in [5, 5.41) is 14.2. The molecule has 0 radical (unpaired) electrons. The molecular formula is C24H19ClN4O2S2. The highest BCUT2D eigenvalue weighted by molar-refractivity contribution is 7.19. The topological polar surface area (TPSA) is 87.8 Å². The lowest BCUT2D eigenvalue weighted by Gasteiger charge is -2.09. The number of rotatable bonds is 4. The number of benzene rings is 1. The lowest BCUT2D eigenvalue weighted by molar-refractivity contribution is -0.116. The van der Waals surface area contributed by atoms with E-state index in [1.54, 1.807) is 12.1 Å². The quantitative estimate of drug-likeness (QED) is 0.403. The van der Waals surface area contributed by atoms with Gasteiger partial charge >= 0.3 is 0 Å². The van der Waals surface area contributed by atoms with E-state index in [2.05, 4.69) is 16.4 Å². The fourth-order valence-corrected chi connectivity index (χ4v) is 6.69. The van der Waals surface area contributed by atoms with Crippen LogP contribution in [0.25, 0.3) is 21.3 Å². The zero-order valence-corrected chi connectivity index (χ0v) is 20.2. The molecule has 0 fully saturated rings. The van der Waals surface area contributed by atoms with Crippen molar-refractivity contribution >= 4 is 55.4 Å². The van der Waals surface area contributed by atoms with Crippen LogP contribution in [0.15, 0.2) is 35.4 Å². The number of nitrogens with zero attached hydrogens (tertiary/aromatic N) is 3. The molecule has 3 heterocycles. The third kappa shape index (κ3) is 3.97. The molecule has 0 saturated carbocycles. The van der Waals surface area contributed by atoms with E-state index in [4.69, 9.17) is 11.6 Å². The molecule has 0 aliphatic heterocycles. The molecule has 1 aliphatic rings. The molecule has 0 saturated heterocycles. The van der Waals surface area contributed by atoms with Gasteiger partial charge in [-0.25, -0.2) is 4.98 Å². The molecule has 4 aromatic rings. The van der Waals surface area contributed by atoms with E-state index < -0.39 is 0 Å². The van der Waals surface area contributed by atoms with Crippen molar-refractivity contribution in [2.75, 3.05) is 5.32 Å². The van der Waals surface area contributed by atoms with Gasteiger partial charge in [-0.15, -0.1) is 22.7 Å². The molecule has 0 spiro atoms. The van der Waals surface area contributed by atoms with Crippen molar-refractivity contribution in [1.29, 1.82) is 5.26 Å². The maximum absolute atomic E-state index is 13.3. The standard InChI is InChI=1S/C24H19ClN4O2S2/c1-13-20(14-6-8-15(25)9-7-14)21-23(32-13)27-12-29(24(21)31)11-19(30)28-22-17(10-26)16-4-2-3-5-18(16)33-22/h6-9,12H,2-5,11H2,1H3,(H,28,30). The lowest BCUT2D eigenvalue weighted by Crippen LogP contribution is -2.27. The predicted octanol–water partition coefficient (Wildman–Crippen LogP) is 5.54. The Hall–Kier alpha value is -2.99. The Morgan fingerprint density at radius 2 is 2.00 bits per heavy atom. The number of anilines is 1. The van der Waals surface area contributed by atoms with Gasteiger partial charge in [0.25, 0.3) is 5.56 Å². The molecule has 1 amide bonds. The van der Waals surface area contributed by atoms with Gasteiger partial charge in [0.2, 0.25) is 5.91 Å². The summed E-state index contributed by atoms with van der Waals surface area (Å²) < 4.78 is 1.32. The smallest absolute Gasteiger partial charge is 0.263 e. The van der Waals surface area contributed by atoms with Crippen molar-refractivity contribution < 1.29 is 4.79 Å².